The second kappa shape index (κ2) is 12.5. The van der Waals surface area contributed by atoms with Crippen molar-refractivity contribution in [1.82, 2.24) is 5.01 Å². The van der Waals surface area contributed by atoms with Crippen LogP contribution in [0.4, 0.5) is 0 Å². The first-order valence-electron chi connectivity index (χ1n) is 11.0. The summed E-state index contributed by atoms with van der Waals surface area (Å²) in [7, 11) is 0. The van der Waals surface area contributed by atoms with Gasteiger partial charge in [-0.25, -0.2) is 5.01 Å². The molecule has 162 valence electrons. The Balaban J connectivity index is 2.46. The highest BCUT2D eigenvalue weighted by molar-refractivity contribution is 6.01. The molecule has 2 aromatic rings. The van der Waals surface area contributed by atoms with Crippen molar-refractivity contribution in [3.63, 3.8) is 0 Å². The molecule has 0 N–H and O–H groups in total. The van der Waals surface area contributed by atoms with E-state index in [1.54, 1.807) is 11.1 Å². The standard InChI is InChI=1S/C28H34N2O/c1-6-9-11-17-26(14-7-2)23(5)30(29-22(4)25-15-12-10-13-16-25)28(31)27-20-18-24(8-3)19-21-27/h7,9-16,18-21,23H,2,6,8,17H2,1,3-5H3/b11-9-,26-14+,29-22+. The summed E-state index contributed by atoms with van der Waals surface area (Å²) in [6.45, 7) is 12.0. The van der Waals surface area contributed by atoms with Crippen LogP contribution in [0.15, 0.2) is 96.2 Å². The monoisotopic (exact) mass is 414 g/mol. The predicted octanol–water partition coefficient (Wildman–Crippen LogP) is 6.97. The van der Waals surface area contributed by atoms with Gasteiger partial charge in [-0.15, -0.1) is 0 Å². The molecule has 0 aliphatic rings. The number of allylic oxidation sites excluding steroid dienone is 4. The quantitative estimate of drug-likeness (QED) is 0.179. The molecule has 1 amide bonds. The number of aryl methyl sites for hydroxylation is 1. The molecule has 0 spiro atoms. The van der Waals surface area contributed by atoms with Gasteiger partial charge in [-0.1, -0.05) is 87.2 Å². The number of hydrogen-bond donors (Lipinski definition) is 0. The zero-order valence-corrected chi connectivity index (χ0v) is 19.2. The number of hydrazone groups is 1. The third kappa shape index (κ3) is 6.92. The van der Waals surface area contributed by atoms with Crippen molar-refractivity contribution in [2.24, 2.45) is 5.10 Å². The average Bonchev–Trinajstić information content (AvgIpc) is 2.81. The Labute approximate surface area is 187 Å². The van der Waals surface area contributed by atoms with Crippen LogP contribution < -0.4 is 0 Å². The Bertz CT molecular complexity index is 937. The third-order valence-electron chi connectivity index (χ3n) is 5.26. The maximum atomic E-state index is 13.5. The lowest BCUT2D eigenvalue weighted by Gasteiger charge is -2.27. The van der Waals surface area contributed by atoms with Crippen molar-refractivity contribution in [3.05, 3.63) is 108 Å². The van der Waals surface area contributed by atoms with E-state index in [2.05, 4.69) is 32.6 Å². The molecule has 0 radical (unpaired) electrons. The van der Waals surface area contributed by atoms with Gasteiger partial charge in [0.25, 0.3) is 5.91 Å². The highest BCUT2D eigenvalue weighted by Crippen LogP contribution is 2.20. The van der Waals surface area contributed by atoms with E-state index in [0.29, 0.717) is 5.56 Å². The molecule has 0 heterocycles. The Morgan fingerprint density at radius 2 is 1.71 bits per heavy atom. The molecule has 3 nitrogen and oxygen atoms in total. The normalized spacial score (nSPS) is 13.3. The van der Waals surface area contributed by atoms with Crippen LogP contribution in [0.1, 0.15) is 62.0 Å². The van der Waals surface area contributed by atoms with E-state index in [-0.39, 0.29) is 11.9 Å². The molecule has 0 aromatic heterocycles. The second-order valence-electron chi connectivity index (χ2n) is 7.49. The van der Waals surface area contributed by atoms with Gasteiger partial charge in [-0.3, -0.25) is 4.79 Å². The summed E-state index contributed by atoms with van der Waals surface area (Å²) in [6.07, 6.45) is 10.7. The van der Waals surface area contributed by atoms with Crippen LogP contribution in [0.2, 0.25) is 0 Å². The fourth-order valence-electron chi connectivity index (χ4n) is 3.29. The molecule has 2 aromatic carbocycles. The van der Waals surface area contributed by atoms with Gasteiger partial charge in [0.2, 0.25) is 0 Å². The van der Waals surface area contributed by atoms with E-state index < -0.39 is 0 Å². The minimum atomic E-state index is -0.212. The van der Waals surface area contributed by atoms with Gasteiger partial charge in [0, 0.05) is 5.56 Å². The number of nitrogens with zero attached hydrogens (tertiary/aromatic N) is 2. The zero-order chi connectivity index (χ0) is 22.6. The molecule has 0 bridgehead atoms. The minimum Gasteiger partial charge on any atom is -0.267 e. The van der Waals surface area contributed by atoms with Crippen molar-refractivity contribution in [3.8, 4) is 0 Å². The fourth-order valence-corrected chi connectivity index (χ4v) is 3.29. The van der Waals surface area contributed by atoms with Gasteiger partial charge in [0.15, 0.2) is 0 Å². The molecule has 1 unspecified atom stereocenters. The first kappa shape index (κ1) is 24.1. The Kier molecular flexibility index (Phi) is 9.70. The summed E-state index contributed by atoms with van der Waals surface area (Å²) in [5.74, 6) is -0.111. The summed E-state index contributed by atoms with van der Waals surface area (Å²) in [6, 6.07) is 17.5. The zero-order valence-electron chi connectivity index (χ0n) is 19.2. The maximum absolute atomic E-state index is 13.5. The van der Waals surface area contributed by atoms with Gasteiger partial charge in [0.05, 0.1) is 11.8 Å². The van der Waals surface area contributed by atoms with Crippen molar-refractivity contribution < 1.29 is 4.79 Å². The lowest BCUT2D eigenvalue weighted by Crippen LogP contribution is -2.36. The largest absolute Gasteiger partial charge is 0.274 e. The Hall–Kier alpha value is -3.20. The lowest BCUT2D eigenvalue weighted by molar-refractivity contribution is 0.0721. The van der Waals surface area contributed by atoms with E-state index in [9.17, 15) is 4.79 Å². The number of carbonyl (C=O) groups excluding carboxylic acids is 1. The Morgan fingerprint density at radius 1 is 1.03 bits per heavy atom. The van der Waals surface area contributed by atoms with Crippen LogP contribution >= 0.6 is 0 Å². The highest BCUT2D eigenvalue weighted by atomic mass is 16.2. The molecule has 0 saturated heterocycles. The third-order valence-corrected chi connectivity index (χ3v) is 5.26. The van der Waals surface area contributed by atoms with Crippen LogP contribution in [0.3, 0.4) is 0 Å². The molecular formula is C28H34N2O. The second-order valence-corrected chi connectivity index (χ2v) is 7.49. The topological polar surface area (TPSA) is 32.7 Å². The number of rotatable bonds is 10. The number of benzene rings is 2. The summed E-state index contributed by atoms with van der Waals surface area (Å²) >= 11 is 0. The number of amides is 1. The van der Waals surface area contributed by atoms with Crippen molar-refractivity contribution in [2.45, 2.75) is 53.0 Å². The number of carbonyl (C=O) groups is 1. The smallest absolute Gasteiger partial charge is 0.267 e. The van der Waals surface area contributed by atoms with E-state index in [4.69, 9.17) is 5.10 Å². The van der Waals surface area contributed by atoms with Gasteiger partial charge < -0.3 is 0 Å². The highest BCUT2D eigenvalue weighted by Gasteiger charge is 2.24. The van der Waals surface area contributed by atoms with Gasteiger partial charge in [-0.2, -0.15) is 5.10 Å². The molecule has 0 fully saturated rings. The van der Waals surface area contributed by atoms with E-state index in [1.807, 2.05) is 74.5 Å². The fraction of sp³-hybridized carbons (Fsp3) is 0.286. The first-order valence-corrected chi connectivity index (χ1v) is 11.0. The van der Waals surface area contributed by atoms with Crippen molar-refractivity contribution in [1.29, 1.82) is 0 Å². The average molecular weight is 415 g/mol. The van der Waals surface area contributed by atoms with E-state index >= 15 is 0 Å². The summed E-state index contributed by atoms with van der Waals surface area (Å²) in [5, 5.41) is 6.41. The van der Waals surface area contributed by atoms with Crippen LogP contribution in [0.5, 0.6) is 0 Å². The Morgan fingerprint density at radius 3 is 2.29 bits per heavy atom. The van der Waals surface area contributed by atoms with E-state index in [0.717, 1.165) is 36.1 Å². The first-order chi connectivity index (χ1) is 15.0. The van der Waals surface area contributed by atoms with Gasteiger partial charge in [0.1, 0.15) is 0 Å². The molecular weight excluding hydrogens is 380 g/mol. The molecule has 2 rings (SSSR count). The molecule has 0 aliphatic carbocycles. The van der Waals surface area contributed by atoms with Crippen molar-refractivity contribution >= 4 is 11.6 Å². The van der Waals surface area contributed by atoms with Gasteiger partial charge in [-0.05, 0) is 61.9 Å². The molecule has 1 atom stereocenters. The maximum Gasteiger partial charge on any atom is 0.274 e. The van der Waals surface area contributed by atoms with Crippen LogP contribution in [0, 0.1) is 0 Å². The van der Waals surface area contributed by atoms with Crippen LogP contribution in [-0.4, -0.2) is 22.7 Å². The molecule has 31 heavy (non-hydrogen) atoms. The van der Waals surface area contributed by atoms with Crippen molar-refractivity contribution in [2.75, 3.05) is 0 Å². The van der Waals surface area contributed by atoms with Crippen LogP contribution in [0.25, 0.3) is 0 Å². The van der Waals surface area contributed by atoms with E-state index in [1.165, 1.54) is 5.56 Å². The number of hydrogen-bond acceptors (Lipinski definition) is 2. The van der Waals surface area contributed by atoms with Crippen LogP contribution in [-0.2, 0) is 6.42 Å². The molecule has 0 saturated carbocycles. The van der Waals surface area contributed by atoms with Gasteiger partial charge >= 0.3 is 0 Å². The summed E-state index contributed by atoms with van der Waals surface area (Å²) < 4.78 is 0. The summed E-state index contributed by atoms with van der Waals surface area (Å²) in [5.41, 5.74) is 4.72. The predicted molar refractivity (Wildman–Crippen MR) is 132 cm³/mol. The SMILES string of the molecule is C=C/C=C(\C/C=C\CC)C(C)N(/N=C(\C)c1ccccc1)C(=O)c1ccc(CC)cc1. The summed E-state index contributed by atoms with van der Waals surface area (Å²) in [4.78, 5) is 13.5. The lowest BCUT2D eigenvalue weighted by atomic mass is 10.0. The minimum absolute atomic E-state index is 0.111. The molecule has 0 aliphatic heterocycles. The molecule has 3 heteroatoms.